The third-order valence-electron chi connectivity index (χ3n) is 1.85. The van der Waals surface area contributed by atoms with Crippen LogP contribution in [0.2, 0.25) is 19.0 Å². The first-order valence-corrected chi connectivity index (χ1v) is 3.85. The van der Waals surface area contributed by atoms with Gasteiger partial charge in [0.15, 0.2) is 0 Å². The third-order valence-corrected chi connectivity index (χ3v) is 1.85. The zero-order valence-corrected chi connectivity index (χ0v) is 6.41. The van der Waals surface area contributed by atoms with Gasteiger partial charge in [0.05, 0.1) is 0 Å². The molecule has 0 atom stereocenters. The van der Waals surface area contributed by atoms with Crippen LogP contribution in [0.3, 0.4) is 0 Å². The average molecular weight is 108 g/mol. The van der Waals surface area contributed by atoms with Crippen LogP contribution in [-0.2, 0) is 0 Å². The van der Waals surface area contributed by atoms with Crippen LogP contribution in [0, 0.1) is 5.92 Å². The summed E-state index contributed by atoms with van der Waals surface area (Å²) in [6.07, 6.45) is 5.51. The Hall–Kier alpha value is 0.195. The van der Waals surface area contributed by atoms with Gasteiger partial charge in [-0.05, 0) is 0 Å². The van der Waals surface area contributed by atoms with Crippen molar-refractivity contribution in [2.45, 2.75) is 25.4 Å². The fourth-order valence-electron chi connectivity index (χ4n) is 1.11. The van der Waals surface area contributed by atoms with Crippen LogP contribution in [0.25, 0.3) is 0 Å². The number of hydrogen-bond donors (Lipinski definition) is 0. The van der Waals surface area contributed by atoms with Gasteiger partial charge in [-0.2, -0.15) is 0 Å². The zero-order valence-electron chi connectivity index (χ0n) is 6.41. The molecule has 0 saturated heterocycles. The molecule has 0 rings (SSSR count). The second kappa shape index (κ2) is 5.33. The smallest absolute Gasteiger partial charge is 0.0808 e. The first-order chi connectivity index (χ1) is 3.85. The van der Waals surface area contributed by atoms with Crippen LogP contribution in [-0.4, -0.2) is 23.5 Å². The molecule has 0 aromatic carbocycles. The summed E-state index contributed by atoms with van der Waals surface area (Å²) in [5, 5.41) is 0. The van der Waals surface area contributed by atoms with Crippen molar-refractivity contribution >= 4 is 23.5 Å². The minimum absolute atomic E-state index is 1.000. The van der Waals surface area contributed by atoms with E-state index in [1.807, 2.05) is 0 Å². The van der Waals surface area contributed by atoms with E-state index in [2.05, 4.69) is 23.5 Å². The molecule has 0 aliphatic heterocycles. The Morgan fingerprint density at radius 1 is 1.00 bits per heavy atom. The molecule has 8 heavy (non-hydrogen) atoms. The second-order valence-corrected chi connectivity index (χ2v) is 2.47. The molecule has 0 aromatic heterocycles. The van der Waals surface area contributed by atoms with Gasteiger partial charge in [0, 0.05) is 0 Å². The summed E-state index contributed by atoms with van der Waals surface area (Å²) in [6.45, 7) is 0. The Balaban J connectivity index is 3.07. The minimum Gasteiger partial charge on any atom is -0.0808 e. The van der Waals surface area contributed by atoms with E-state index in [4.69, 9.17) is 0 Å². The standard InChI is InChI=1S/C5H15B3/c6-2-1-5(3-7)4-8/h5H,1-4,6-8H2. The van der Waals surface area contributed by atoms with Gasteiger partial charge < -0.3 is 0 Å². The predicted octanol–water partition coefficient (Wildman–Crippen LogP) is -0.853. The fourth-order valence-corrected chi connectivity index (χ4v) is 1.11. The Morgan fingerprint density at radius 3 is 1.62 bits per heavy atom. The molecule has 0 aliphatic carbocycles. The Kier molecular flexibility index (Phi) is 5.46. The summed E-state index contributed by atoms with van der Waals surface area (Å²) in [5.41, 5.74) is 0. The van der Waals surface area contributed by atoms with Crippen molar-refractivity contribution in [3.05, 3.63) is 0 Å². The fraction of sp³-hybridized carbons (Fsp3) is 1.00. The summed E-state index contributed by atoms with van der Waals surface area (Å²) >= 11 is 0. The van der Waals surface area contributed by atoms with Gasteiger partial charge in [0.1, 0.15) is 23.5 Å². The van der Waals surface area contributed by atoms with Crippen molar-refractivity contribution in [3.8, 4) is 0 Å². The Morgan fingerprint density at radius 2 is 1.50 bits per heavy atom. The molecule has 44 valence electrons. The highest BCUT2D eigenvalue weighted by atomic mass is 14.0. The Bertz CT molecular complexity index is 42.9. The van der Waals surface area contributed by atoms with E-state index in [1.165, 1.54) is 25.4 Å². The maximum Gasteiger partial charge on any atom is 0.101 e. The van der Waals surface area contributed by atoms with Gasteiger partial charge in [-0.15, -0.1) is 0 Å². The molecule has 0 unspecified atom stereocenters. The van der Waals surface area contributed by atoms with E-state index in [-0.39, 0.29) is 0 Å². The third kappa shape index (κ3) is 3.23. The van der Waals surface area contributed by atoms with Crippen LogP contribution < -0.4 is 0 Å². The first kappa shape index (κ1) is 8.19. The van der Waals surface area contributed by atoms with Crippen molar-refractivity contribution in [1.82, 2.24) is 0 Å². The second-order valence-electron chi connectivity index (χ2n) is 2.47. The van der Waals surface area contributed by atoms with Crippen molar-refractivity contribution in [3.63, 3.8) is 0 Å². The van der Waals surface area contributed by atoms with Crippen LogP contribution in [0.15, 0.2) is 0 Å². The van der Waals surface area contributed by atoms with Crippen molar-refractivity contribution < 1.29 is 0 Å². The van der Waals surface area contributed by atoms with E-state index in [0.717, 1.165) is 5.92 Å². The quantitative estimate of drug-likeness (QED) is 0.411. The molecule has 0 bridgehead atoms. The van der Waals surface area contributed by atoms with E-state index in [1.54, 1.807) is 0 Å². The highest BCUT2D eigenvalue weighted by Gasteiger charge is 1.98. The molecule has 0 spiro atoms. The predicted molar refractivity (Wildman–Crippen MR) is 48.2 cm³/mol. The highest BCUT2D eigenvalue weighted by Crippen LogP contribution is 2.11. The molecule has 0 N–H and O–H groups in total. The number of rotatable bonds is 4. The summed E-state index contributed by atoms with van der Waals surface area (Å²) < 4.78 is 0. The molecule has 3 heteroatoms. The molecule has 0 nitrogen and oxygen atoms in total. The summed E-state index contributed by atoms with van der Waals surface area (Å²) in [7, 11) is 6.83. The van der Waals surface area contributed by atoms with Gasteiger partial charge in [-0.25, -0.2) is 0 Å². The molecule has 0 saturated carbocycles. The van der Waals surface area contributed by atoms with Crippen LogP contribution in [0.4, 0.5) is 0 Å². The summed E-state index contributed by atoms with van der Waals surface area (Å²) in [4.78, 5) is 0. The van der Waals surface area contributed by atoms with Crippen LogP contribution in [0.1, 0.15) is 6.42 Å². The lowest BCUT2D eigenvalue weighted by Crippen LogP contribution is -1.97. The molecule has 0 heterocycles. The van der Waals surface area contributed by atoms with Crippen molar-refractivity contribution in [2.75, 3.05) is 0 Å². The topological polar surface area (TPSA) is 0 Å². The largest absolute Gasteiger partial charge is 0.101 e. The number of hydrogen-bond acceptors (Lipinski definition) is 0. The van der Waals surface area contributed by atoms with Gasteiger partial charge in [-0.3, -0.25) is 0 Å². The highest BCUT2D eigenvalue weighted by molar-refractivity contribution is 6.12. The van der Waals surface area contributed by atoms with Gasteiger partial charge in [0.25, 0.3) is 0 Å². The van der Waals surface area contributed by atoms with E-state index < -0.39 is 0 Å². The normalized spacial score (nSPS) is 10.1. The van der Waals surface area contributed by atoms with Gasteiger partial charge in [0.2, 0.25) is 0 Å². The van der Waals surface area contributed by atoms with Gasteiger partial charge in [-0.1, -0.05) is 31.3 Å². The van der Waals surface area contributed by atoms with E-state index >= 15 is 0 Å². The average Bonchev–Trinajstić information content (AvgIpc) is 1.83. The first-order valence-electron chi connectivity index (χ1n) is 3.85. The van der Waals surface area contributed by atoms with Crippen LogP contribution >= 0.6 is 0 Å². The summed E-state index contributed by atoms with van der Waals surface area (Å²) in [6, 6.07) is 0. The van der Waals surface area contributed by atoms with Crippen molar-refractivity contribution in [1.29, 1.82) is 0 Å². The lowest BCUT2D eigenvalue weighted by Gasteiger charge is -2.08. The summed E-state index contributed by atoms with van der Waals surface area (Å²) in [5.74, 6) is 1.000. The lowest BCUT2D eigenvalue weighted by atomic mass is 9.77. The Labute approximate surface area is 55.7 Å². The van der Waals surface area contributed by atoms with Crippen LogP contribution in [0.5, 0.6) is 0 Å². The molecule has 0 aromatic rings. The minimum atomic E-state index is 1.000. The van der Waals surface area contributed by atoms with Gasteiger partial charge >= 0.3 is 0 Å². The zero-order chi connectivity index (χ0) is 6.41. The lowest BCUT2D eigenvalue weighted by molar-refractivity contribution is 0.624. The maximum absolute atomic E-state index is 2.28. The SMILES string of the molecule is BCCC(CB)CB. The molecule has 0 amide bonds. The molecule has 0 radical (unpaired) electrons. The molecule has 0 aliphatic rings. The monoisotopic (exact) mass is 108 g/mol. The molecule has 0 fully saturated rings. The molecular weight excluding hydrogens is 92.5 g/mol. The van der Waals surface area contributed by atoms with Crippen molar-refractivity contribution in [2.24, 2.45) is 5.92 Å². The van der Waals surface area contributed by atoms with E-state index in [0.29, 0.717) is 0 Å². The molecular formula is C5H15B3. The maximum atomic E-state index is 2.28. The van der Waals surface area contributed by atoms with E-state index in [9.17, 15) is 0 Å².